The Morgan fingerprint density at radius 3 is 2.84 bits per heavy atom. The monoisotopic (exact) mass is 281 g/mol. The molecule has 2 rings (SSSR count). The zero-order chi connectivity index (χ0) is 13.8. The van der Waals surface area contributed by atoms with E-state index < -0.39 is 0 Å². The van der Waals surface area contributed by atoms with E-state index in [0.717, 1.165) is 42.5 Å². The van der Waals surface area contributed by atoms with Gasteiger partial charge in [0.25, 0.3) is 0 Å². The van der Waals surface area contributed by atoms with Crippen LogP contribution in [-0.2, 0) is 6.42 Å². The van der Waals surface area contributed by atoms with E-state index in [2.05, 4.69) is 17.1 Å². The molecule has 0 spiro atoms. The summed E-state index contributed by atoms with van der Waals surface area (Å²) in [5.41, 5.74) is 8.36. The van der Waals surface area contributed by atoms with Crippen LogP contribution in [0.2, 0.25) is 5.02 Å². The highest BCUT2D eigenvalue weighted by Gasteiger charge is 2.15. The molecule has 1 aromatic carbocycles. The minimum atomic E-state index is -0.358. The lowest BCUT2D eigenvalue weighted by molar-refractivity contribution is 0.628. The van der Waals surface area contributed by atoms with E-state index >= 15 is 0 Å². The first-order valence-electron chi connectivity index (χ1n) is 6.41. The number of nitrogens with one attached hydrogen (secondary N) is 1. The number of benzene rings is 1. The molecule has 0 atom stereocenters. The second-order valence-electron chi connectivity index (χ2n) is 4.54. The quantitative estimate of drug-likeness (QED) is 0.808. The van der Waals surface area contributed by atoms with E-state index in [9.17, 15) is 4.39 Å². The third kappa shape index (κ3) is 3.07. The van der Waals surface area contributed by atoms with E-state index in [4.69, 9.17) is 17.3 Å². The molecule has 0 aliphatic carbocycles. The van der Waals surface area contributed by atoms with Crippen molar-refractivity contribution in [3.63, 3.8) is 0 Å². The van der Waals surface area contributed by atoms with Crippen molar-refractivity contribution < 1.29 is 4.39 Å². The molecule has 0 bridgehead atoms. The Kier molecular flexibility index (Phi) is 4.43. The average Bonchev–Trinajstić information content (AvgIpc) is 2.72. The van der Waals surface area contributed by atoms with E-state index in [1.807, 2.05) is 0 Å². The van der Waals surface area contributed by atoms with Gasteiger partial charge in [-0.2, -0.15) is 5.10 Å². The number of hydrogen-bond acceptors (Lipinski definition) is 2. The predicted octanol–water partition coefficient (Wildman–Crippen LogP) is 4.18. The topological polar surface area (TPSA) is 54.7 Å². The van der Waals surface area contributed by atoms with Crippen LogP contribution in [0.1, 0.15) is 31.9 Å². The van der Waals surface area contributed by atoms with Crippen molar-refractivity contribution in [3.05, 3.63) is 34.7 Å². The molecule has 0 fully saturated rings. The Bertz CT molecular complexity index is 566. The summed E-state index contributed by atoms with van der Waals surface area (Å²) < 4.78 is 13.1. The summed E-state index contributed by atoms with van der Waals surface area (Å²) in [6.07, 6.45) is 4.22. The summed E-state index contributed by atoms with van der Waals surface area (Å²) in [7, 11) is 0. The van der Waals surface area contributed by atoms with Crippen molar-refractivity contribution >= 4 is 17.4 Å². The van der Waals surface area contributed by atoms with Crippen molar-refractivity contribution in [1.29, 1.82) is 0 Å². The number of unbranched alkanes of at least 4 members (excludes halogenated alkanes) is 2. The molecule has 0 saturated heterocycles. The van der Waals surface area contributed by atoms with Gasteiger partial charge in [-0.3, -0.25) is 5.10 Å². The van der Waals surface area contributed by atoms with Crippen LogP contribution < -0.4 is 5.73 Å². The maximum Gasteiger partial charge on any atom is 0.153 e. The fraction of sp³-hybridized carbons (Fsp3) is 0.357. The minimum absolute atomic E-state index is 0.352. The SMILES string of the molecule is CCCCCc1[nH]nc(N)c1-c1ccc(F)cc1Cl. The molecule has 5 heteroatoms. The van der Waals surface area contributed by atoms with Gasteiger partial charge < -0.3 is 5.73 Å². The Hall–Kier alpha value is -1.55. The van der Waals surface area contributed by atoms with Gasteiger partial charge in [-0.15, -0.1) is 0 Å². The molecule has 0 saturated carbocycles. The Morgan fingerprint density at radius 2 is 2.16 bits per heavy atom. The fourth-order valence-corrected chi connectivity index (χ4v) is 2.38. The van der Waals surface area contributed by atoms with Gasteiger partial charge in [0.05, 0.1) is 5.02 Å². The lowest BCUT2D eigenvalue weighted by Gasteiger charge is -2.06. The van der Waals surface area contributed by atoms with Crippen molar-refractivity contribution in [3.8, 4) is 11.1 Å². The second-order valence-corrected chi connectivity index (χ2v) is 4.95. The van der Waals surface area contributed by atoms with Gasteiger partial charge in [0, 0.05) is 16.8 Å². The average molecular weight is 282 g/mol. The van der Waals surface area contributed by atoms with Crippen LogP contribution in [-0.4, -0.2) is 10.2 Å². The second kappa shape index (κ2) is 6.06. The Balaban J connectivity index is 2.35. The molecule has 3 nitrogen and oxygen atoms in total. The van der Waals surface area contributed by atoms with Gasteiger partial charge in [0.1, 0.15) is 5.82 Å². The summed E-state index contributed by atoms with van der Waals surface area (Å²) in [5, 5.41) is 7.33. The number of hydrogen-bond donors (Lipinski definition) is 2. The molecule has 0 radical (unpaired) electrons. The van der Waals surface area contributed by atoms with Crippen LogP contribution in [0.25, 0.3) is 11.1 Å². The first kappa shape index (κ1) is 13.9. The number of anilines is 1. The van der Waals surface area contributed by atoms with Gasteiger partial charge in [-0.05, 0) is 31.0 Å². The van der Waals surface area contributed by atoms with Gasteiger partial charge in [0.2, 0.25) is 0 Å². The number of aromatic amines is 1. The number of rotatable bonds is 5. The lowest BCUT2D eigenvalue weighted by Crippen LogP contribution is -1.93. The highest BCUT2D eigenvalue weighted by atomic mass is 35.5. The summed E-state index contributed by atoms with van der Waals surface area (Å²) in [5.74, 6) is 0.0448. The normalized spacial score (nSPS) is 10.9. The van der Waals surface area contributed by atoms with Crippen LogP contribution in [0.4, 0.5) is 10.2 Å². The van der Waals surface area contributed by atoms with Crippen LogP contribution >= 0.6 is 11.6 Å². The molecule has 1 aromatic heterocycles. The largest absolute Gasteiger partial charge is 0.382 e. The lowest BCUT2D eigenvalue weighted by atomic mass is 10.0. The number of aryl methyl sites for hydroxylation is 1. The first-order valence-corrected chi connectivity index (χ1v) is 6.79. The fourth-order valence-electron chi connectivity index (χ4n) is 2.12. The van der Waals surface area contributed by atoms with Crippen LogP contribution in [0.15, 0.2) is 18.2 Å². The van der Waals surface area contributed by atoms with Crippen molar-refractivity contribution in [2.45, 2.75) is 32.6 Å². The summed E-state index contributed by atoms with van der Waals surface area (Å²) in [4.78, 5) is 0. The predicted molar refractivity (Wildman–Crippen MR) is 76.6 cm³/mol. The van der Waals surface area contributed by atoms with Crippen LogP contribution in [0.5, 0.6) is 0 Å². The molecular formula is C14H17ClFN3. The smallest absolute Gasteiger partial charge is 0.153 e. The van der Waals surface area contributed by atoms with Crippen LogP contribution in [0.3, 0.4) is 0 Å². The summed E-state index contributed by atoms with van der Waals surface area (Å²) >= 11 is 6.09. The van der Waals surface area contributed by atoms with Gasteiger partial charge in [-0.1, -0.05) is 31.4 Å². The molecule has 2 aromatic rings. The number of nitrogens with zero attached hydrogens (tertiary/aromatic N) is 1. The number of halogens is 2. The first-order chi connectivity index (χ1) is 9.13. The Labute approximate surface area is 117 Å². The third-order valence-electron chi connectivity index (χ3n) is 3.10. The highest BCUT2D eigenvalue weighted by Crippen LogP contribution is 2.34. The van der Waals surface area contributed by atoms with E-state index in [1.54, 1.807) is 6.07 Å². The number of nitrogen functional groups attached to an aromatic ring is 1. The summed E-state index contributed by atoms with van der Waals surface area (Å²) in [6, 6.07) is 4.31. The van der Waals surface area contributed by atoms with Crippen molar-refractivity contribution in [1.82, 2.24) is 10.2 Å². The number of aromatic nitrogens is 2. The number of nitrogens with two attached hydrogens (primary N) is 1. The standard InChI is InChI=1S/C14H17ClFN3/c1-2-3-4-5-12-13(14(17)19-18-12)10-7-6-9(16)8-11(10)15/h6-8H,2-5H2,1H3,(H3,17,18,19). The van der Waals surface area contributed by atoms with Crippen molar-refractivity contribution in [2.24, 2.45) is 0 Å². The maximum absolute atomic E-state index is 13.1. The van der Waals surface area contributed by atoms with Crippen molar-refractivity contribution in [2.75, 3.05) is 5.73 Å². The van der Waals surface area contributed by atoms with Gasteiger partial charge in [0.15, 0.2) is 5.82 Å². The van der Waals surface area contributed by atoms with Crippen LogP contribution in [0, 0.1) is 5.82 Å². The molecule has 0 aliphatic rings. The third-order valence-corrected chi connectivity index (χ3v) is 3.41. The van der Waals surface area contributed by atoms with Gasteiger partial charge >= 0.3 is 0 Å². The minimum Gasteiger partial charge on any atom is -0.382 e. The molecule has 0 amide bonds. The molecule has 19 heavy (non-hydrogen) atoms. The maximum atomic E-state index is 13.1. The summed E-state index contributed by atoms with van der Waals surface area (Å²) in [6.45, 7) is 2.15. The molecular weight excluding hydrogens is 265 g/mol. The molecule has 1 heterocycles. The van der Waals surface area contributed by atoms with E-state index in [0.29, 0.717) is 10.8 Å². The number of H-pyrrole nitrogens is 1. The van der Waals surface area contributed by atoms with E-state index in [-0.39, 0.29) is 5.82 Å². The highest BCUT2D eigenvalue weighted by molar-refractivity contribution is 6.33. The molecule has 102 valence electrons. The van der Waals surface area contributed by atoms with Gasteiger partial charge in [-0.25, -0.2) is 4.39 Å². The molecule has 0 unspecified atom stereocenters. The zero-order valence-electron chi connectivity index (χ0n) is 10.8. The zero-order valence-corrected chi connectivity index (χ0v) is 11.6. The van der Waals surface area contributed by atoms with E-state index in [1.165, 1.54) is 12.1 Å². The Morgan fingerprint density at radius 1 is 1.37 bits per heavy atom. The molecule has 0 aliphatic heterocycles. The molecule has 3 N–H and O–H groups in total.